The van der Waals surface area contributed by atoms with Crippen molar-refractivity contribution in [2.75, 3.05) is 30.0 Å². The first kappa shape index (κ1) is 24.7. The molecule has 0 saturated carbocycles. The molecule has 31 heavy (non-hydrogen) atoms. The fourth-order valence-corrected chi connectivity index (χ4v) is 3.53. The number of aliphatic hydroxyl groups excluding tert-OH is 1. The van der Waals surface area contributed by atoms with Gasteiger partial charge in [0, 0.05) is 18.7 Å². The van der Waals surface area contributed by atoms with Gasteiger partial charge in [-0.1, -0.05) is 33.8 Å². The van der Waals surface area contributed by atoms with Crippen LogP contribution in [0.15, 0.2) is 18.3 Å². The highest BCUT2D eigenvalue weighted by atomic mass is 32.2. The average molecular weight is 453 g/mol. The summed E-state index contributed by atoms with van der Waals surface area (Å²) in [5.74, 6) is 1.41. The molecule has 0 bridgehead atoms. The number of methoxy groups -OCH3 is 1. The quantitative estimate of drug-likeness (QED) is 0.467. The van der Waals surface area contributed by atoms with Crippen molar-refractivity contribution in [3.63, 3.8) is 0 Å². The maximum absolute atomic E-state index is 11.7. The molecule has 0 amide bonds. The van der Waals surface area contributed by atoms with Gasteiger partial charge in [0.25, 0.3) is 0 Å². The molecule has 0 aliphatic rings. The lowest BCUT2D eigenvalue weighted by atomic mass is 9.82. The van der Waals surface area contributed by atoms with Gasteiger partial charge in [0.15, 0.2) is 0 Å². The van der Waals surface area contributed by atoms with E-state index in [9.17, 15) is 13.5 Å². The van der Waals surface area contributed by atoms with E-state index in [2.05, 4.69) is 30.0 Å². The average Bonchev–Trinajstić information content (AvgIpc) is 2.65. The second-order valence-electron chi connectivity index (χ2n) is 8.58. The first-order chi connectivity index (χ1) is 14.4. The third kappa shape index (κ3) is 7.91. The zero-order valence-corrected chi connectivity index (χ0v) is 19.7. The van der Waals surface area contributed by atoms with Crippen LogP contribution in [-0.2, 0) is 21.9 Å². The summed E-state index contributed by atoms with van der Waals surface area (Å²) in [6.45, 7) is 8.03. The second-order valence-corrected chi connectivity index (χ2v) is 10.3. The second kappa shape index (κ2) is 10.2. The number of hydrogen-bond acceptors (Lipinski definition) is 9. The molecular formula is C20H32N6O4S. The Bertz CT molecular complexity index is 964. The van der Waals surface area contributed by atoms with E-state index in [4.69, 9.17) is 4.74 Å². The molecule has 0 fully saturated rings. The monoisotopic (exact) mass is 452 g/mol. The fourth-order valence-electron chi connectivity index (χ4n) is 3.10. The number of rotatable bonds is 11. The minimum absolute atomic E-state index is 0.0695. The Hall–Kier alpha value is -2.53. The topological polar surface area (TPSA) is 139 Å². The number of nitrogens with one attached hydrogen (secondary N) is 2. The summed E-state index contributed by atoms with van der Waals surface area (Å²) in [6.07, 6.45) is 3.88. The van der Waals surface area contributed by atoms with E-state index >= 15 is 0 Å². The van der Waals surface area contributed by atoms with Crippen LogP contribution in [-0.4, -0.2) is 59.5 Å². The molecule has 2 rings (SSSR count). The van der Waals surface area contributed by atoms with Crippen LogP contribution < -0.4 is 14.8 Å². The van der Waals surface area contributed by atoms with Crippen molar-refractivity contribution in [1.82, 2.24) is 19.9 Å². The van der Waals surface area contributed by atoms with Crippen LogP contribution in [0, 0.1) is 5.92 Å². The molecule has 172 valence electrons. The molecule has 0 unspecified atom stereocenters. The van der Waals surface area contributed by atoms with E-state index in [1.807, 2.05) is 33.8 Å². The Morgan fingerprint density at radius 3 is 2.35 bits per heavy atom. The normalized spacial score (nSPS) is 13.2. The van der Waals surface area contributed by atoms with E-state index in [-0.39, 0.29) is 24.5 Å². The van der Waals surface area contributed by atoms with Crippen LogP contribution in [0.3, 0.4) is 0 Å². The minimum atomic E-state index is -3.57. The Kier molecular flexibility index (Phi) is 8.13. The van der Waals surface area contributed by atoms with Crippen LogP contribution in [0.25, 0.3) is 0 Å². The van der Waals surface area contributed by atoms with Crippen molar-refractivity contribution < 1.29 is 18.3 Å². The van der Waals surface area contributed by atoms with Crippen molar-refractivity contribution >= 4 is 21.9 Å². The van der Waals surface area contributed by atoms with Crippen molar-refractivity contribution in [3.05, 3.63) is 29.7 Å². The summed E-state index contributed by atoms with van der Waals surface area (Å²) in [5, 5.41) is 12.8. The zero-order chi connectivity index (χ0) is 23.2. The number of anilines is 2. The predicted octanol–water partition coefficient (Wildman–Crippen LogP) is 1.99. The summed E-state index contributed by atoms with van der Waals surface area (Å²) in [7, 11) is -2.01. The lowest BCUT2D eigenvalue weighted by Gasteiger charge is -2.25. The molecule has 11 heteroatoms. The van der Waals surface area contributed by atoms with E-state index in [0.717, 1.165) is 11.8 Å². The van der Waals surface area contributed by atoms with Gasteiger partial charge in [-0.05, 0) is 23.3 Å². The molecule has 2 aromatic heterocycles. The smallest absolute Gasteiger partial charge is 0.241 e. The van der Waals surface area contributed by atoms with Crippen LogP contribution >= 0.6 is 0 Å². The van der Waals surface area contributed by atoms with Gasteiger partial charge in [0.2, 0.25) is 27.8 Å². The molecule has 0 aliphatic heterocycles. The van der Waals surface area contributed by atoms with Gasteiger partial charge in [0.05, 0.1) is 26.0 Å². The number of pyridine rings is 1. The number of aliphatic hydroxyl groups is 1. The molecular weight excluding hydrogens is 420 g/mol. The van der Waals surface area contributed by atoms with E-state index < -0.39 is 15.4 Å². The number of sulfonamides is 1. The fraction of sp³-hybridized carbons (Fsp3) is 0.600. The van der Waals surface area contributed by atoms with Gasteiger partial charge in [0.1, 0.15) is 5.82 Å². The molecule has 0 spiro atoms. The summed E-state index contributed by atoms with van der Waals surface area (Å²) < 4.78 is 30.9. The first-order valence-electron chi connectivity index (χ1n) is 10.0. The van der Waals surface area contributed by atoms with Crippen LogP contribution in [0.2, 0.25) is 0 Å². The highest BCUT2D eigenvalue weighted by molar-refractivity contribution is 7.91. The van der Waals surface area contributed by atoms with Gasteiger partial charge in [-0.15, -0.1) is 0 Å². The molecule has 0 aliphatic carbocycles. The van der Waals surface area contributed by atoms with Crippen molar-refractivity contribution in [2.45, 2.75) is 52.0 Å². The van der Waals surface area contributed by atoms with Gasteiger partial charge in [-0.3, -0.25) is 4.72 Å². The Labute approximate surface area is 184 Å². The number of aromatic nitrogens is 4. The highest BCUT2D eigenvalue weighted by Crippen LogP contribution is 2.27. The van der Waals surface area contributed by atoms with Gasteiger partial charge < -0.3 is 15.2 Å². The Morgan fingerprint density at radius 2 is 1.84 bits per heavy atom. The maximum atomic E-state index is 11.7. The molecule has 2 aromatic rings. The summed E-state index contributed by atoms with van der Waals surface area (Å²) in [6, 6.07) is 3.44. The third-order valence-corrected chi connectivity index (χ3v) is 5.15. The van der Waals surface area contributed by atoms with Crippen LogP contribution in [0.5, 0.6) is 5.88 Å². The van der Waals surface area contributed by atoms with Crippen molar-refractivity contribution in [3.8, 4) is 5.88 Å². The largest absolute Gasteiger partial charge is 0.481 e. The van der Waals surface area contributed by atoms with Gasteiger partial charge >= 0.3 is 0 Å². The van der Waals surface area contributed by atoms with Gasteiger partial charge in [-0.2, -0.15) is 15.0 Å². The Morgan fingerprint density at radius 1 is 1.16 bits per heavy atom. The van der Waals surface area contributed by atoms with E-state index in [1.54, 1.807) is 19.4 Å². The van der Waals surface area contributed by atoms with Crippen molar-refractivity contribution in [2.24, 2.45) is 5.92 Å². The molecule has 10 nitrogen and oxygen atoms in total. The van der Waals surface area contributed by atoms with Crippen LogP contribution in [0.1, 0.15) is 45.5 Å². The predicted molar refractivity (Wildman–Crippen MR) is 120 cm³/mol. The number of nitrogens with zero attached hydrogens (tertiary/aromatic N) is 4. The standard InChI is InChI=1S/C20H32N6O4S/c1-13(2)9-15(12-27)22-18-23-16(24-19(25-18)26-31(6,28)29)10-20(3,4)14-7-8-17(30-5)21-11-14/h7-8,11,13,15,27H,9-10,12H2,1-6H3,(H2,22,23,24,25,26)/t15-/m1/s1. The lowest BCUT2D eigenvalue weighted by Crippen LogP contribution is -2.28. The zero-order valence-electron chi connectivity index (χ0n) is 18.9. The molecule has 0 saturated heterocycles. The van der Waals surface area contributed by atoms with E-state index in [1.165, 1.54) is 0 Å². The first-order valence-corrected chi connectivity index (χ1v) is 11.9. The SMILES string of the molecule is COc1ccc(C(C)(C)Cc2nc(N[C@@H](CO)CC(C)C)nc(NS(C)(=O)=O)n2)cn1. The third-order valence-electron chi connectivity index (χ3n) is 4.59. The summed E-state index contributed by atoms with van der Waals surface area (Å²) in [4.78, 5) is 17.2. The number of hydrogen-bond donors (Lipinski definition) is 3. The van der Waals surface area contributed by atoms with Crippen LogP contribution in [0.4, 0.5) is 11.9 Å². The molecule has 1 atom stereocenters. The molecule has 2 heterocycles. The number of ether oxygens (including phenoxy) is 1. The maximum Gasteiger partial charge on any atom is 0.241 e. The molecule has 0 radical (unpaired) electrons. The van der Waals surface area contributed by atoms with Crippen molar-refractivity contribution in [1.29, 1.82) is 0 Å². The lowest BCUT2D eigenvalue weighted by molar-refractivity contribution is 0.259. The van der Waals surface area contributed by atoms with Gasteiger partial charge in [-0.25, -0.2) is 13.4 Å². The summed E-state index contributed by atoms with van der Waals surface area (Å²) >= 11 is 0. The molecule has 0 aromatic carbocycles. The summed E-state index contributed by atoms with van der Waals surface area (Å²) in [5.41, 5.74) is 0.558. The Balaban J connectivity index is 2.36. The van der Waals surface area contributed by atoms with E-state index in [0.29, 0.717) is 30.5 Å². The minimum Gasteiger partial charge on any atom is -0.481 e. The highest BCUT2D eigenvalue weighted by Gasteiger charge is 2.25. The molecule has 3 N–H and O–H groups in total.